The number of hydrogen-bond acceptors (Lipinski definition) is 4. The van der Waals surface area contributed by atoms with Crippen LogP contribution < -0.4 is 0 Å². The average Bonchev–Trinajstić information content (AvgIpc) is 2.75. The molecule has 5 nitrogen and oxygen atoms in total. The van der Waals surface area contributed by atoms with E-state index in [0.29, 0.717) is 32.1 Å². The van der Waals surface area contributed by atoms with Gasteiger partial charge in [-0.15, -0.1) is 0 Å². The van der Waals surface area contributed by atoms with Gasteiger partial charge in [0, 0.05) is 18.8 Å². The zero-order valence-corrected chi connectivity index (χ0v) is 13.8. The second-order valence-corrected chi connectivity index (χ2v) is 6.32. The van der Waals surface area contributed by atoms with Crippen LogP contribution >= 0.6 is 0 Å². The molecule has 1 saturated carbocycles. The number of carbonyl (C=O) groups is 1. The van der Waals surface area contributed by atoms with Gasteiger partial charge < -0.3 is 20.4 Å². The van der Waals surface area contributed by atoms with Gasteiger partial charge in [0.25, 0.3) is 0 Å². The lowest BCUT2D eigenvalue weighted by atomic mass is 9.88. The maximum Gasteiger partial charge on any atom is 0.303 e. The summed E-state index contributed by atoms with van der Waals surface area (Å²) in [5, 5.41) is 38.7. The lowest BCUT2D eigenvalue weighted by Gasteiger charge is -2.21. The smallest absolute Gasteiger partial charge is 0.303 e. The van der Waals surface area contributed by atoms with Gasteiger partial charge in [-0.2, -0.15) is 0 Å². The van der Waals surface area contributed by atoms with E-state index < -0.39 is 24.3 Å². The molecule has 4 N–H and O–H groups in total. The molecule has 1 fully saturated rings. The van der Waals surface area contributed by atoms with Crippen LogP contribution in [0.15, 0.2) is 24.3 Å². The molecule has 0 aromatic rings. The first kappa shape index (κ1) is 19.9. The quantitative estimate of drug-likeness (QED) is 0.365. The van der Waals surface area contributed by atoms with Crippen LogP contribution in [0.3, 0.4) is 0 Å². The van der Waals surface area contributed by atoms with Crippen molar-refractivity contribution in [2.24, 2.45) is 11.8 Å². The van der Waals surface area contributed by atoms with E-state index in [2.05, 4.69) is 0 Å². The van der Waals surface area contributed by atoms with Gasteiger partial charge in [0.05, 0.1) is 18.3 Å². The molecule has 0 spiro atoms. The summed E-state index contributed by atoms with van der Waals surface area (Å²) in [4.78, 5) is 10.5. The summed E-state index contributed by atoms with van der Waals surface area (Å²) >= 11 is 0. The van der Waals surface area contributed by atoms with Crippen LogP contribution in [0.2, 0.25) is 0 Å². The lowest BCUT2D eigenvalue weighted by molar-refractivity contribution is -0.137. The molecule has 0 aromatic heterocycles. The van der Waals surface area contributed by atoms with Gasteiger partial charge in [-0.1, -0.05) is 37.6 Å². The van der Waals surface area contributed by atoms with E-state index in [-0.39, 0.29) is 18.3 Å². The van der Waals surface area contributed by atoms with Crippen molar-refractivity contribution in [1.82, 2.24) is 0 Å². The molecule has 0 unspecified atom stereocenters. The summed E-state index contributed by atoms with van der Waals surface area (Å²) < 4.78 is 0. The Morgan fingerprint density at radius 2 is 1.96 bits per heavy atom. The Morgan fingerprint density at radius 1 is 1.22 bits per heavy atom. The molecule has 0 bridgehead atoms. The molecule has 0 heterocycles. The van der Waals surface area contributed by atoms with Crippen molar-refractivity contribution in [3.8, 4) is 0 Å². The van der Waals surface area contributed by atoms with Crippen LogP contribution in [0.25, 0.3) is 0 Å². The maximum absolute atomic E-state index is 10.5. The zero-order chi connectivity index (χ0) is 17.2. The van der Waals surface area contributed by atoms with Gasteiger partial charge in [-0.05, 0) is 31.6 Å². The van der Waals surface area contributed by atoms with Crippen molar-refractivity contribution < 1.29 is 25.2 Å². The maximum atomic E-state index is 10.5. The van der Waals surface area contributed by atoms with E-state index >= 15 is 0 Å². The van der Waals surface area contributed by atoms with E-state index in [9.17, 15) is 20.1 Å². The molecular weight excluding hydrogens is 296 g/mol. The van der Waals surface area contributed by atoms with Crippen molar-refractivity contribution in [3.63, 3.8) is 0 Å². The largest absolute Gasteiger partial charge is 0.481 e. The molecule has 132 valence electrons. The Balaban J connectivity index is 2.51. The first-order chi connectivity index (χ1) is 11.0. The number of carboxylic acid groups (broad SMARTS) is 1. The molecule has 5 atom stereocenters. The molecule has 1 aliphatic rings. The van der Waals surface area contributed by atoms with Gasteiger partial charge in [-0.25, -0.2) is 0 Å². The number of unbranched alkanes of at least 4 members (excludes halogenated alkanes) is 1. The van der Waals surface area contributed by atoms with Gasteiger partial charge in [0.2, 0.25) is 0 Å². The topological polar surface area (TPSA) is 98.0 Å². The minimum absolute atomic E-state index is 0.0755. The lowest BCUT2D eigenvalue weighted by Crippen LogP contribution is -2.21. The zero-order valence-electron chi connectivity index (χ0n) is 13.8. The predicted molar refractivity (Wildman–Crippen MR) is 88.9 cm³/mol. The van der Waals surface area contributed by atoms with E-state index in [4.69, 9.17) is 5.11 Å². The Morgan fingerprint density at radius 3 is 2.61 bits per heavy atom. The first-order valence-corrected chi connectivity index (χ1v) is 8.55. The molecular formula is C18H30O5. The van der Waals surface area contributed by atoms with Crippen LogP contribution in [0, 0.1) is 11.8 Å². The van der Waals surface area contributed by atoms with Gasteiger partial charge in [0.15, 0.2) is 0 Å². The van der Waals surface area contributed by atoms with Crippen LogP contribution in [0.1, 0.15) is 51.9 Å². The number of aliphatic hydroxyl groups excluding tert-OH is 3. The summed E-state index contributed by atoms with van der Waals surface area (Å²) in [6.45, 7) is 2.03. The second-order valence-electron chi connectivity index (χ2n) is 6.32. The van der Waals surface area contributed by atoms with Crippen LogP contribution in [0.4, 0.5) is 0 Å². The Kier molecular flexibility index (Phi) is 9.14. The minimum Gasteiger partial charge on any atom is -0.481 e. The Labute approximate surface area is 138 Å². The average molecular weight is 326 g/mol. The minimum atomic E-state index is -0.809. The highest BCUT2D eigenvalue weighted by molar-refractivity contribution is 5.66. The van der Waals surface area contributed by atoms with E-state index in [1.165, 1.54) is 0 Å². The van der Waals surface area contributed by atoms with Crippen LogP contribution in [0.5, 0.6) is 0 Å². The third-order valence-electron chi connectivity index (χ3n) is 4.43. The molecule has 23 heavy (non-hydrogen) atoms. The number of rotatable bonds is 10. The van der Waals surface area contributed by atoms with Crippen LogP contribution in [-0.4, -0.2) is 44.7 Å². The van der Waals surface area contributed by atoms with Gasteiger partial charge >= 0.3 is 5.97 Å². The van der Waals surface area contributed by atoms with E-state index in [1.807, 2.05) is 25.2 Å². The second kappa shape index (κ2) is 10.6. The highest BCUT2D eigenvalue weighted by Gasteiger charge is 2.39. The number of carboxylic acids is 1. The number of aliphatic carboxylic acids is 1. The summed E-state index contributed by atoms with van der Waals surface area (Å²) in [5.41, 5.74) is 0. The SMILES string of the molecule is CC/C=C\C[C@H](O)/C=C/[C@H]1[C@@H](CCCCC(=O)O)[C@H](O)C[C@@H]1O. The first-order valence-electron chi connectivity index (χ1n) is 8.55. The Hall–Kier alpha value is -1.17. The molecule has 1 rings (SSSR count). The fraction of sp³-hybridized carbons (Fsp3) is 0.722. The summed E-state index contributed by atoms with van der Waals surface area (Å²) in [6, 6.07) is 0. The fourth-order valence-corrected chi connectivity index (χ4v) is 3.17. The summed E-state index contributed by atoms with van der Waals surface area (Å²) in [6.07, 6.45) is 9.59. The monoisotopic (exact) mass is 326 g/mol. The molecule has 5 heteroatoms. The normalized spacial score (nSPS) is 29.6. The number of allylic oxidation sites excluding steroid dienone is 1. The van der Waals surface area contributed by atoms with E-state index in [0.717, 1.165) is 6.42 Å². The standard InChI is InChI=1S/C18H30O5/c1-2-3-4-7-13(19)10-11-15-14(16(20)12-17(15)21)8-5-6-9-18(22)23/h3-4,10-11,13-17,19-21H,2,5-9,12H2,1H3,(H,22,23)/b4-3-,11-10+/t13-,14+,15-,16+,17-/m0/s1. The molecule has 1 aliphatic carbocycles. The van der Waals surface area contributed by atoms with E-state index in [1.54, 1.807) is 6.08 Å². The predicted octanol–water partition coefficient (Wildman–Crippen LogP) is 2.26. The van der Waals surface area contributed by atoms with Crippen LogP contribution in [-0.2, 0) is 4.79 Å². The molecule has 0 aliphatic heterocycles. The third kappa shape index (κ3) is 7.29. The third-order valence-corrected chi connectivity index (χ3v) is 4.43. The highest BCUT2D eigenvalue weighted by Crippen LogP contribution is 2.37. The van der Waals surface area contributed by atoms with Crippen molar-refractivity contribution in [2.45, 2.75) is 70.2 Å². The molecule has 0 amide bonds. The van der Waals surface area contributed by atoms with Gasteiger partial charge in [0.1, 0.15) is 0 Å². The van der Waals surface area contributed by atoms with Crippen molar-refractivity contribution in [2.75, 3.05) is 0 Å². The molecule has 0 saturated heterocycles. The van der Waals surface area contributed by atoms with Crippen molar-refractivity contribution >= 4 is 5.97 Å². The van der Waals surface area contributed by atoms with Gasteiger partial charge in [-0.3, -0.25) is 4.79 Å². The molecule has 0 radical (unpaired) electrons. The summed E-state index contributed by atoms with van der Waals surface area (Å²) in [7, 11) is 0. The molecule has 0 aromatic carbocycles. The number of hydrogen-bond donors (Lipinski definition) is 4. The van der Waals surface area contributed by atoms with Crippen molar-refractivity contribution in [1.29, 1.82) is 0 Å². The highest BCUT2D eigenvalue weighted by atomic mass is 16.4. The van der Waals surface area contributed by atoms with Crippen molar-refractivity contribution in [3.05, 3.63) is 24.3 Å². The Bertz CT molecular complexity index is 404. The summed E-state index contributed by atoms with van der Waals surface area (Å²) in [5.74, 6) is -1.07. The fourth-order valence-electron chi connectivity index (χ4n) is 3.17. The number of aliphatic hydroxyl groups is 3.